The maximum Gasteiger partial charge on any atom is 0.407 e. The van der Waals surface area contributed by atoms with E-state index >= 15 is 4.39 Å². The van der Waals surface area contributed by atoms with Crippen LogP contribution in [-0.2, 0) is 11.2 Å². The number of amides is 2. The Morgan fingerprint density at radius 1 is 1.27 bits per heavy atom. The second kappa shape index (κ2) is 8.78. The number of carbonyl (C=O) groups is 2. The van der Waals surface area contributed by atoms with Crippen molar-refractivity contribution in [3.05, 3.63) is 58.4 Å². The van der Waals surface area contributed by atoms with Crippen molar-refractivity contribution in [1.82, 2.24) is 19.6 Å². The molecular formula is C23H24F2N4O4. The number of hydrogen-bond acceptors (Lipinski definition) is 4. The molecule has 2 N–H and O–H groups in total. The first-order valence-corrected chi connectivity index (χ1v) is 10.5. The summed E-state index contributed by atoms with van der Waals surface area (Å²) in [6.45, 7) is 4.15. The summed E-state index contributed by atoms with van der Waals surface area (Å²) in [5.74, 6) is -3.14. The number of aryl methyl sites for hydroxylation is 2. The number of nitrogens with zero attached hydrogens (tertiary/aromatic N) is 3. The number of pyridine rings is 1. The number of benzene rings is 1. The molecule has 3 heterocycles. The van der Waals surface area contributed by atoms with E-state index in [0.717, 1.165) is 5.56 Å². The number of morpholine rings is 1. The summed E-state index contributed by atoms with van der Waals surface area (Å²) in [5, 5.41) is 11.6. The molecule has 2 aromatic heterocycles. The number of carbonyl (C=O) groups excluding carboxylic acids is 1. The molecule has 0 saturated carbocycles. The molecule has 0 radical (unpaired) electrons. The van der Waals surface area contributed by atoms with Crippen LogP contribution < -0.4 is 5.32 Å². The minimum Gasteiger partial charge on any atom is -0.465 e. The first kappa shape index (κ1) is 22.7. The molecule has 8 nitrogen and oxygen atoms in total. The highest BCUT2D eigenvalue weighted by Crippen LogP contribution is 2.34. The van der Waals surface area contributed by atoms with Gasteiger partial charge in [-0.05, 0) is 43.2 Å². The van der Waals surface area contributed by atoms with Crippen LogP contribution in [0.25, 0.3) is 16.9 Å². The molecule has 2 amide bonds. The van der Waals surface area contributed by atoms with E-state index < -0.39 is 29.7 Å². The van der Waals surface area contributed by atoms with Gasteiger partial charge in [-0.1, -0.05) is 0 Å². The van der Waals surface area contributed by atoms with Gasteiger partial charge in [-0.25, -0.2) is 18.6 Å². The molecule has 174 valence electrons. The largest absolute Gasteiger partial charge is 0.465 e. The molecule has 1 aliphatic rings. The van der Waals surface area contributed by atoms with Crippen molar-refractivity contribution >= 4 is 17.6 Å². The van der Waals surface area contributed by atoms with Crippen LogP contribution >= 0.6 is 0 Å². The van der Waals surface area contributed by atoms with Crippen molar-refractivity contribution in [2.75, 3.05) is 26.7 Å². The standard InChI is InChI=1S/C23H24F2N4O4/c1-12-4-5-29-16(10-14-11-28(23(31)32)6-7-33-14)21(27-17(29)8-12)18-13(2)9-15(22(30)26-3)19(24)20(18)25/h4-5,8-9,14H,6-7,10-11H2,1-3H3,(H,26,30)(H,31,32)/t14-/m0/s1. The summed E-state index contributed by atoms with van der Waals surface area (Å²) in [4.78, 5) is 29.2. The van der Waals surface area contributed by atoms with Gasteiger partial charge in [0.05, 0.1) is 36.2 Å². The third-order valence-electron chi connectivity index (χ3n) is 5.82. The molecule has 0 bridgehead atoms. The van der Waals surface area contributed by atoms with E-state index in [-0.39, 0.29) is 42.9 Å². The maximum absolute atomic E-state index is 15.3. The molecule has 10 heteroatoms. The van der Waals surface area contributed by atoms with Crippen molar-refractivity contribution < 1.29 is 28.2 Å². The highest BCUT2D eigenvalue weighted by atomic mass is 19.2. The van der Waals surface area contributed by atoms with Crippen LogP contribution in [0.1, 0.15) is 27.2 Å². The van der Waals surface area contributed by atoms with Crippen molar-refractivity contribution in [1.29, 1.82) is 0 Å². The number of nitrogens with one attached hydrogen (secondary N) is 1. The average Bonchev–Trinajstić information content (AvgIpc) is 3.12. The van der Waals surface area contributed by atoms with Crippen LogP contribution in [0.2, 0.25) is 0 Å². The predicted molar refractivity (Wildman–Crippen MR) is 116 cm³/mol. The maximum atomic E-state index is 15.3. The van der Waals surface area contributed by atoms with Crippen molar-refractivity contribution in [2.45, 2.75) is 26.4 Å². The fourth-order valence-electron chi connectivity index (χ4n) is 4.17. The van der Waals surface area contributed by atoms with E-state index in [2.05, 4.69) is 10.3 Å². The molecule has 0 unspecified atom stereocenters. The third-order valence-corrected chi connectivity index (χ3v) is 5.82. The zero-order valence-corrected chi connectivity index (χ0v) is 18.5. The van der Waals surface area contributed by atoms with Gasteiger partial charge in [-0.3, -0.25) is 4.79 Å². The minimum atomic E-state index is -1.25. The Hall–Kier alpha value is -3.53. The van der Waals surface area contributed by atoms with Gasteiger partial charge in [-0.2, -0.15) is 0 Å². The van der Waals surface area contributed by atoms with Crippen LogP contribution in [0.4, 0.5) is 13.6 Å². The molecule has 1 saturated heterocycles. The molecule has 3 aromatic rings. The number of carboxylic acid groups (broad SMARTS) is 1. The van der Waals surface area contributed by atoms with E-state index in [0.29, 0.717) is 16.9 Å². The smallest absolute Gasteiger partial charge is 0.407 e. The summed E-state index contributed by atoms with van der Waals surface area (Å²) in [5.41, 5.74) is 2.21. The Balaban J connectivity index is 1.86. The molecule has 33 heavy (non-hydrogen) atoms. The van der Waals surface area contributed by atoms with E-state index in [1.165, 1.54) is 18.0 Å². The molecular weight excluding hydrogens is 434 g/mol. The topological polar surface area (TPSA) is 96.2 Å². The van der Waals surface area contributed by atoms with Crippen LogP contribution in [0, 0.1) is 25.5 Å². The summed E-state index contributed by atoms with van der Waals surface area (Å²) < 4.78 is 37.7. The number of hydrogen-bond donors (Lipinski definition) is 2. The summed E-state index contributed by atoms with van der Waals surface area (Å²) >= 11 is 0. The predicted octanol–water partition coefficient (Wildman–Crippen LogP) is 3.18. The van der Waals surface area contributed by atoms with Gasteiger partial charge in [0.1, 0.15) is 5.65 Å². The quantitative estimate of drug-likeness (QED) is 0.626. The third kappa shape index (κ3) is 4.13. The lowest BCUT2D eigenvalue weighted by atomic mass is 9.97. The minimum absolute atomic E-state index is 0.0394. The fourth-order valence-corrected chi connectivity index (χ4v) is 4.17. The van der Waals surface area contributed by atoms with E-state index in [1.54, 1.807) is 17.5 Å². The van der Waals surface area contributed by atoms with Gasteiger partial charge in [0.15, 0.2) is 11.6 Å². The Bertz CT molecular complexity index is 1260. The molecule has 0 spiro atoms. The van der Waals surface area contributed by atoms with Crippen LogP contribution in [-0.4, -0.2) is 64.2 Å². The van der Waals surface area contributed by atoms with E-state index in [1.807, 2.05) is 19.1 Å². The first-order chi connectivity index (χ1) is 15.7. The Morgan fingerprint density at radius 3 is 2.73 bits per heavy atom. The molecule has 1 aromatic carbocycles. The molecule has 1 aliphatic heterocycles. The Morgan fingerprint density at radius 2 is 2.03 bits per heavy atom. The number of imidazole rings is 1. The second-order valence-corrected chi connectivity index (χ2v) is 8.09. The lowest BCUT2D eigenvalue weighted by Crippen LogP contribution is -2.45. The SMILES string of the molecule is CNC(=O)c1cc(C)c(-c2nc3cc(C)ccn3c2C[C@H]2CN(C(=O)O)CCO2)c(F)c1F. The lowest BCUT2D eigenvalue weighted by Gasteiger charge is -2.31. The first-order valence-electron chi connectivity index (χ1n) is 10.5. The van der Waals surface area contributed by atoms with Gasteiger partial charge < -0.3 is 24.5 Å². The highest BCUT2D eigenvalue weighted by Gasteiger charge is 2.29. The van der Waals surface area contributed by atoms with Gasteiger partial charge in [0.25, 0.3) is 5.91 Å². The van der Waals surface area contributed by atoms with Crippen molar-refractivity contribution in [3.63, 3.8) is 0 Å². The summed E-state index contributed by atoms with van der Waals surface area (Å²) in [7, 11) is 1.34. The van der Waals surface area contributed by atoms with Gasteiger partial charge in [0.2, 0.25) is 0 Å². The zero-order valence-electron chi connectivity index (χ0n) is 18.5. The molecule has 1 fully saturated rings. The lowest BCUT2D eigenvalue weighted by molar-refractivity contribution is -0.0214. The summed E-state index contributed by atoms with van der Waals surface area (Å²) in [6, 6.07) is 4.99. The normalized spacial score (nSPS) is 16.3. The van der Waals surface area contributed by atoms with Crippen LogP contribution in [0.3, 0.4) is 0 Å². The van der Waals surface area contributed by atoms with Gasteiger partial charge in [0, 0.05) is 31.8 Å². The number of ether oxygens (including phenoxy) is 1. The molecule has 1 atom stereocenters. The number of rotatable bonds is 4. The van der Waals surface area contributed by atoms with Crippen molar-refractivity contribution in [2.24, 2.45) is 0 Å². The Labute approximate surface area is 188 Å². The van der Waals surface area contributed by atoms with Crippen LogP contribution in [0.5, 0.6) is 0 Å². The zero-order chi connectivity index (χ0) is 23.9. The average molecular weight is 458 g/mol. The number of aromatic nitrogens is 2. The molecule has 4 rings (SSSR count). The summed E-state index contributed by atoms with van der Waals surface area (Å²) in [6.07, 6.45) is 0.511. The fraction of sp³-hybridized carbons (Fsp3) is 0.348. The number of fused-ring (bicyclic) bond motifs is 1. The highest BCUT2D eigenvalue weighted by molar-refractivity contribution is 5.95. The Kier molecular flexibility index (Phi) is 6.03. The van der Waals surface area contributed by atoms with Crippen molar-refractivity contribution in [3.8, 4) is 11.3 Å². The van der Waals surface area contributed by atoms with Gasteiger partial charge >= 0.3 is 6.09 Å². The van der Waals surface area contributed by atoms with Crippen LogP contribution in [0.15, 0.2) is 24.4 Å². The van der Waals surface area contributed by atoms with E-state index in [9.17, 15) is 19.1 Å². The molecule has 0 aliphatic carbocycles. The van der Waals surface area contributed by atoms with E-state index in [4.69, 9.17) is 4.74 Å². The monoisotopic (exact) mass is 458 g/mol. The van der Waals surface area contributed by atoms with Gasteiger partial charge in [-0.15, -0.1) is 0 Å². The number of halogens is 2. The second-order valence-electron chi connectivity index (χ2n) is 8.09.